The second-order valence-electron chi connectivity index (χ2n) is 5.92. The van der Waals surface area contributed by atoms with E-state index in [0.29, 0.717) is 0 Å². The van der Waals surface area contributed by atoms with E-state index in [1.807, 2.05) is 0 Å². The van der Waals surface area contributed by atoms with E-state index >= 15 is 0 Å². The van der Waals surface area contributed by atoms with Crippen molar-refractivity contribution in [3.8, 4) is 0 Å². The molecule has 0 saturated carbocycles. The van der Waals surface area contributed by atoms with Gasteiger partial charge in [-0.05, 0) is 68.0 Å². The van der Waals surface area contributed by atoms with Crippen molar-refractivity contribution in [2.75, 3.05) is 6.54 Å². The highest BCUT2D eigenvalue weighted by Gasteiger charge is 2.16. The van der Waals surface area contributed by atoms with Gasteiger partial charge in [0.2, 0.25) is 0 Å². The van der Waals surface area contributed by atoms with Gasteiger partial charge in [0.1, 0.15) is 0 Å². The minimum atomic E-state index is 0.233. The summed E-state index contributed by atoms with van der Waals surface area (Å²) in [6, 6.07) is 2.24. The molecule has 0 aromatic carbocycles. The van der Waals surface area contributed by atoms with E-state index in [-0.39, 0.29) is 5.54 Å². The summed E-state index contributed by atoms with van der Waals surface area (Å²) in [5.74, 6) is 1.46. The molecule has 16 heavy (non-hydrogen) atoms. The van der Waals surface area contributed by atoms with Crippen LogP contribution in [-0.4, -0.2) is 12.1 Å². The Morgan fingerprint density at radius 2 is 1.94 bits per heavy atom. The van der Waals surface area contributed by atoms with Crippen molar-refractivity contribution in [2.24, 2.45) is 11.8 Å². The smallest absolute Gasteiger partial charge is 0.00966 e. The van der Waals surface area contributed by atoms with Gasteiger partial charge in [0, 0.05) is 5.54 Å². The van der Waals surface area contributed by atoms with Gasteiger partial charge in [0.05, 0.1) is 0 Å². The quantitative estimate of drug-likeness (QED) is 0.820. The molecule has 0 bridgehead atoms. The molecule has 0 fully saturated rings. The number of hydrogen-bond acceptors (Lipinski definition) is 2. The fourth-order valence-electron chi connectivity index (χ4n) is 1.65. The van der Waals surface area contributed by atoms with Crippen LogP contribution in [-0.2, 0) is 6.42 Å². The van der Waals surface area contributed by atoms with Gasteiger partial charge >= 0.3 is 0 Å². The molecule has 0 saturated heterocycles. The Hall–Kier alpha value is -0.340. The van der Waals surface area contributed by atoms with Gasteiger partial charge in [-0.15, -0.1) is 0 Å². The second kappa shape index (κ2) is 5.83. The van der Waals surface area contributed by atoms with Gasteiger partial charge in [-0.2, -0.15) is 11.3 Å². The van der Waals surface area contributed by atoms with Crippen molar-refractivity contribution >= 4 is 11.3 Å². The van der Waals surface area contributed by atoms with Crippen molar-refractivity contribution in [2.45, 2.75) is 46.6 Å². The van der Waals surface area contributed by atoms with Crippen molar-refractivity contribution < 1.29 is 0 Å². The van der Waals surface area contributed by atoms with E-state index < -0.39 is 0 Å². The zero-order chi connectivity index (χ0) is 12.2. The molecule has 2 heteroatoms. The Labute approximate surface area is 104 Å². The average molecular weight is 239 g/mol. The average Bonchev–Trinajstić information content (AvgIpc) is 2.65. The van der Waals surface area contributed by atoms with Gasteiger partial charge in [-0.1, -0.05) is 13.8 Å². The first-order valence-corrected chi connectivity index (χ1v) is 7.09. The fourth-order valence-corrected chi connectivity index (χ4v) is 2.33. The first-order chi connectivity index (χ1) is 7.38. The molecule has 1 rings (SSSR count). The summed E-state index contributed by atoms with van der Waals surface area (Å²) in [5, 5.41) is 8.02. The highest BCUT2D eigenvalue weighted by molar-refractivity contribution is 7.07. The molecule has 1 heterocycles. The summed E-state index contributed by atoms with van der Waals surface area (Å²) in [6.45, 7) is 12.5. The summed E-state index contributed by atoms with van der Waals surface area (Å²) in [5.41, 5.74) is 1.72. The van der Waals surface area contributed by atoms with E-state index in [9.17, 15) is 0 Å². The normalized spacial score (nSPS) is 16.1. The van der Waals surface area contributed by atoms with E-state index in [0.717, 1.165) is 18.4 Å². The number of nitrogens with one attached hydrogen (secondary N) is 1. The predicted molar refractivity (Wildman–Crippen MR) is 74.1 cm³/mol. The Morgan fingerprint density at radius 3 is 2.44 bits per heavy atom. The Balaban J connectivity index is 2.33. The molecule has 1 nitrogen and oxygen atoms in total. The monoisotopic (exact) mass is 239 g/mol. The van der Waals surface area contributed by atoms with Crippen LogP contribution in [0.2, 0.25) is 0 Å². The summed E-state index contributed by atoms with van der Waals surface area (Å²) in [6.07, 6.45) is 1.20. The maximum atomic E-state index is 3.58. The molecule has 92 valence electrons. The standard InChI is InChI=1S/C14H25NS/c1-11(8-13-6-7-16-10-13)12(2)9-15-14(3,4)5/h6-7,10-12,15H,8-9H2,1-5H3. The number of rotatable bonds is 5. The summed E-state index contributed by atoms with van der Waals surface area (Å²) in [7, 11) is 0. The van der Waals surface area contributed by atoms with Gasteiger partial charge in [0.25, 0.3) is 0 Å². The van der Waals surface area contributed by atoms with Gasteiger partial charge in [-0.25, -0.2) is 0 Å². The minimum Gasteiger partial charge on any atom is -0.312 e. The maximum absolute atomic E-state index is 3.58. The Bertz CT molecular complexity index is 284. The van der Waals surface area contributed by atoms with Gasteiger partial charge in [0.15, 0.2) is 0 Å². The molecule has 0 aliphatic heterocycles. The lowest BCUT2D eigenvalue weighted by molar-refractivity contribution is 0.317. The molecule has 1 aromatic heterocycles. The third-order valence-corrected chi connectivity index (χ3v) is 3.80. The van der Waals surface area contributed by atoms with E-state index in [1.165, 1.54) is 12.0 Å². The SMILES string of the molecule is CC(CNC(C)(C)C)C(C)Cc1ccsc1. The third kappa shape index (κ3) is 5.13. The van der Waals surface area contributed by atoms with E-state index in [2.05, 4.69) is 56.8 Å². The van der Waals surface area contributed by atoms with Crippen LogP contribution in [0.15, 0.2) is 16.8 Å². The van der Waals surface area contributed by atoms with Crippen LogP contribution in [0.25, 0.3) is 0 Å². The van der Waals surface area contributed by atoms with Crippen molar-refractivity contribution in [3.63, 3.8) is 0 Å². The number of hydrogen-bond donors (Lipinski definition) is 1. The molecule has 1 aromatic rings. The molecule has 2 atom stereocenters. The molecule has 0 spiro atoms. The fraction of sp³-hybridized carbons (Fsp3) is 0.714. The topological polar surface area (TPSA) is 12.0 Å². The van der Waals surface area contributed by atoms with Gasteiger partial charge < -0.3 is 5.32 Å². The van der Waals surface area contributed by atoms with E-state index in [1.54, 1.807) is 11.3 Å². The summed E-state index contributed by atoms with van der Waals surface area (Å²) >= 11 is 1.80. The van der Waals surface area contributed by atoms with Crippen molar-refractivity contribution in [1.82, 2.24) is 5.32 Å². The minimum absolute atomic E-state index is 0.233. The van der Waals surface area contributed by atoms with Crippen LogP contribution in [0.1, 0.15) is 40.2 Å². The molecule has 0 amide bonds. The van der Waals surface area contributed by atoms with Crippen molar-refractivity contribution in [1.29, 1.82) is 0 Å². The molecule has 0 aliphatic carbocycles. The molecule has 0 radical (unpaired) electrons. The highest BCUT2D eigenvalue weighted by atomic mass is 32.1. The summed E-state index contributed by atoms with van der Waals surface area (Å²) < 4.78 is 0. The lowest BCUT2D eigenvalue weighted by Gasteiger charge is -2.26. The van der Waals surface area contributed by atoms with E-state index in [4.69, 9.17) is 0 Å². The second-order valence-corrected chi connectivity index (χ2v) is 6.70. The highest BCUT2D eigenvalue weighted by Crippen LogP contribution is 2.18. The van der Waals surface area contributed by atoms with Crippen LogP contribution in [0.5, 0.6) is 0 Å². The summed E-state index contributed by atoms with van der Waals surface area (Å²) in [4.78, 5) is 0. The molecule has 1 N–H and O–H groups in total. The first kappa shape index (κ1) is 13.7. The third-order valence-electron chi connectivity index (χ3n) is 3.06. The zero-order valence-electron chi connectivity index (χ0n) is 11.2. The zero-order valence-corrected chi connectivity index (χ0v) is 12.0. The van der Waals surface area contributed by atoms with Crippen LogP contribution < -0.4 is 5.32 Å². The maximum Gasteiger partial charge on any atom is 0.00966 e. The lowest BCUT2D eigenvalue weighted by Crippen LogP contribution is -2.40. The lowest BCUT2D eigenvalue weighted by atomic mass is 9.90. The Morgan fingerprint density at radius 1 is 1.25 bits per heavy atom. The Kier molecular flexibility index (Phi) is 5.00. The number of thiophene rings is 1. The van der Waals surface area contributed by atoms with Crippen molar-refractivity contribution in [3.05, 3.63) is 22.4 Å². The molecular weight excluding hydrogens is 214 g/mol. The molecular formula is C14H25NS. The van der Waals surface area contributed by atoms with Gasteiger partial charge in [-0.3, -0.25) is 0 Å². The molecule has 0 aliphatic rings. The largest absolute Gasteiger partial charge is 0.312 e. The van der Waals surface area contributed by atoms with Crippen LogP contribution in [0, 0.1) is 11.8 Å². The van der Waals surface area contributed by atoms with Crippen LogP contribution in [0.4, 0.5) is 0 Å². The van der Waals surface area contributed by atoms with Crippen LogP contribution in [0.3, 0.4) is 0 Å². The first-order valence-electron chi connectivity index (χ1n) is 6.14. The van der Waals surface area contributed by atoms with Crippen LogP contribution >= 0.6 is 11.3 Å². The predicted octanol–water partition coefficient (Wildman–Crippen LogP) is 3.95. The molecule has 2 unspecified atom stereocenters.